The second-order valence-electron chi connectivity index (χ2n) is 8.68. The van der Waals surface area contributed by atoms with E-state index in [0.717, 1.165) is 29.6 Å². The van der Waals surface area contributed by atoms with Crippen LogP contribution in [0.25, 0.3) is 10.9 Å². The van der Waals surface area contributed by atoms with E-state index in [0.29, 0.717) is 22.5 Å². The maximum Gasteiger partial charge on any atom is 0.336 e. The van der Waals surface area contributed by atoms with Crippen molar-refractivity contribution in [2.45, 2.75) is 39.8 Å². The van der Waals surface area contributed by atoms with Crippen LogP contribution >= 0.6 is 0 Å². The van der Waals surface area contributed by atoms with Crippen LogP contribution in [0.5, 0.6) is 0 Å². The summed E-state index contributed by atoms with van der Waals surface area (Å²) < 4.78 is 10.2. The van der Waals surface area contributed by atoms with Crippen LogP contribution in [0.4, 0.5) is 0 Å². The number of nitrogens with one attached hydrogen (secondary N) is 2. The third kappa shape index (κ3) is 5.16. The number of nitrogens with zero attached hydrogens (tertiary/aromatic N) is 1. The first-order chi connectivity index (χ1) is 17.4. The first-order valence-corrected chi connectivity index (χ1v) is 12.0. The average molecular weight is 486 g/mol. The molecule has 2 aliphatic rings. The Balaban J connectivity index is 0.000000280. The highest BCUT2D eigenvalue weighted by Crippen LogP contribution is 2.39. The minimum Gasteiger partial charge on any atom is -0.466 e. The van der Waals surface area contributed by atoms with Crippen molar-refractivity contribution in [1.82, 2.24) is 15.6 Å². The summed E-state index contributed by atoms with van der Waals surface area (Å²) in [6.07, 6.45) is 1.70. The highest BCUT2D eigenvalue weighted by Gasteiger charge is 2.38. The molecular formula is C29H31N3O4. The Morgan fingerprint density at radius 1 is 0.944 bits per heavy atom. The largest absolute Gasteiger partial charge is 0.466 e. The Hall–Kier alpha value is -3.97. The lowest BCUT2D eigenvalue weighted by Gasteiger charge is -2.30. The Labute approximate surface area is 211 Å². The molecule has 3 aromatic rings. The van der Waals surface area contributed by atoms with Crippen molar-refractivity contribution in [3.8, 4) is 0 Å². The third-order valence-corrected chi connectivity index (χ3v) is 6.36. The predicted molar refractivity (Wildman–Crippen MR) is 139 cm³/mol. The van der Waals surface area contributed by atoms with Crippen LogP contribution in [0.3, 0.4) is 0 Å². The van der Waals surface area contributed by atoms with Crippen LogP contribution in [-0.4, -0.2) is 30.6 Å². The molecule has 2 aromatic carbocycles. The molecule has 0 bridgehead atoms. The van der Waals surface area contributed by atoms with Gasteiger partial charge in [0.15, 0.2) is 0 Å². The molecule has 1 aromatic heterocycles. The van der Waals surface area contributed by atoms with Crippen LogP contribution in [0.15, 0.2) is 83.3 Å². The normalized spacial score (nSPS) is 16.6. The summed E-state index contributed by atoms with van der Waals surface area (Å²) in [7, 11) is 1.33. The molecule has 0 fully saturated rings. The molecule has 0 saturated heterocycles. The number of dihydropyridines is 1. The topological polar surface area (TPSA) is 89.5 Å². The average Bonchev–Trinajstić information content (AvgIpc) is 3.37. The molecule has 0 spiro atoms. The van der Waals surface area contributed by atoms with E-state index in [-0.39, 0.29) is 6.61 Å². The van der Waals surface area contributed by atoms with Gasteiger partial charge in [-0.1, -0.05) is 42.5 Å². The molecule has 1 unspecified atom stereocenters. The van der Waals surface area contributed by atoms with E-state index in [1.165, 1.54) is 18.2 Å². The van der Waals surface area contributed by atoms with Crippen LogP contribution < -0.4 is 10.6 Å². The predicted octanol–water partition coefficient (Wildman–Crippen LogP) is 4.50. The number of hydrogen-bond donors (Lipinski definition) is 2. The zero-order valence-electron chi connectivity index (χ0n) is 21.1. The fourth-order valence-corrected chi connectivity index (χ4v) is 4.67. The van der Waals surface area contributed by atoms with Crippen LogP contribution in [0.1, 0.15) is 43.4 Å². The summed E-state index contributed by atoms with van der Waals surface area (Å²) in [4.78, 5) is 29.7. The van der Waals surface area contributed by atoms with Crippen molar-refractivity contribution in [3.63, 3.8) is 0 Å². The number of carbonyl (C=O) groups excluding carboxylic acids is 2. The molecule has 5 rings (SSSR count). The van der Waals surface area contributed by atoms with Gasteiger partial charge in [0.25, 0.3) is 0 Å². The SMILES string of the molecule is CCOC(=O)C1=C(C)NC(C)=C(C(=O)OC)C1c1cnc2ccccc2c1.c1ccc2c(c1)CNC2. The first-order valence-electron chi connectivity index (χ1n) is 12.0. The molecular weight excluding hydrogens is 454 g/mol. The smallest absolute Gasteiger partial charge is 0.336 e. The van der Waals surface area contributed by atoms with Crippen LogP contribution in [-0.2, 0) is 32.2 Å². The number of rotatable bonds is 4. The number of methoxy groups -OCH3 is 1. The van der Waals surface area contributed by atoms with E-state index in [9.17, 15) is 9.59 Å². The Morgan fingerprint density at radius 2 is 1.56 bits per heavy atom. The van der Waals surface area contributed by atoms with Gasteiger partial charge in [-0.05, 0) is 49.6 Å². The van der Waals surface area contributed by atoms with Gasteiger partial charge in [-0.15, -0.1) is 0 Å². The van der Waals surface area contributed by atoms with Gasteiger partial charge in [-0.3, -0.25) is 4.98 Å². The first kappa shape index (κ1) is 25.1. The fourth-order valence-electron chi connectivity index (χ4n) is 4.67. The minimum atomic E-state index is -0.616. The van der Waals surface area contributed by atoms with Gasteiger partial charge in [-0.2, -0.15) is 0 Å². The van der Waals surface area contributed by atoms with Crippen molar-refractivity contribution in [2.24, 2.45) is 0 Å². The summed E-state index contributed by atoms with van der Waals surface area (Å²) >= 11 is 0. The second-order valence-corrected chi connectivity index (χ2v) is 8.68. The highest BCUT2D eigenvalue weighted by molar-refractivity contribution is 6.00. The number of aromatic nitrogens is 1. The number of hydrogen-bond acceptors (Lipinski definition) is 7. The molecule has 3 heterocycles. The molecule has 36 heavy (non-hydrogen) atoms. The van der Waals surface area contributed by atoms with Crippen molar-refractivity contribution >= 4 is 22.8 Å². The zero-order chi connectivity index (χ0) is 25.7. The van der Waals surface area contributed by atoms with Gasteiger partial charge in [-0.25, -0.2) is 9.59 Å². The molecule has 186 valence electrons. The van der Waals surface area contributed by atoms with E-state index in [4.69, 9.17) is 9.47 Å². The molecule has 0 saturated carbocycles. The lowest BCUT2D eigenvalue weighted by Crippen LogP contribution is -2.32. The molecule has 7 nitrogen and oxygen atoms in total. The van der Waals surface area contributed by atoms with Gasteiger partial charge in [0.05, 0.1) is 36.3 Å². The monoisotopic (exact) mass is 485 g/mol. The van der Waals surface area contributed by atoms with Crippen molar-refractivity contribution in [1.29, 1.82) is 0 Å². The number of ether oxygens (including phenoxy) is 2. The van der Waals surface area contributed by atoms with Gasteiger partial charge < -0.3 is 20.1 Å². The van der Waals surface area contributed by atoms with Crippen molar-refractivity contribution < 1.29 is 19.1 Å². The Bertz CT molecular complexity index is 1340. The van der Waals surface area contributed by atoms with E-state index in [1.807, 2.05) is 30.3 Å². The number of para-hydroxylation sites is 1. The second kappa shape index (κ2) is 11.2. The fraction of sp³-hybridized carbons (Fsp3) is 0.276. The lowest BCUT2D eigenvalue weighted by molar-refractivity contribution is -0.139. The molecule has 2 aliphatic heterocycles. The number of esters is 2. The zero-order valence-corrected chi connectivity index (χ0v) is 21.1. The van der Waals surface area contributed by atoms with E-state index in [1.54, 1.807) is 27.0 Å². The van der Waals surface area contributed by atoms with Gasteiger partial charge in [0.2, 0.25) is 0 Å². The van der Waals surface area contributed by atoms with Gasteiger partial charge >= 0.3 is 11.9 Å². The van der Waals surface area contributed by atoms with E-state index in [2.05, 4.69) is 39.9 Å². The van der Waals surface area contributed by atoms with E-state index >= 15 is 0 Å². The quantitative estimate of drug-likeness (QED) is 0.526. The molecule has 0 radical (unpaired) electrons. The summed E-state index contributed by atoms with van der Waals surface area (Å²) in [6, 6.07) is 18.2. The number of allylic oxidation sites excluding steroid dienone is 2. The maximum absolute atomic E-state index is 12.7. The van der Waals surface area contributed by atoms with E-state index < -0.39 is 17.9 Å². The molecule has 0 aliphatic carbocycles. The van der Waals surface area contributed by atoms with Gasteiger partial charge in [0.1, 0.15) is 0 Å². The molecule has 2 N–H and O–H groups in total. The summed E-state index contributed by atoms with van der Waals surface area (Å²) in [5, 5.41) is 7.32. The van der Waals surface area contributed by atoms with Crippen molar-refractivity contribution in [2.75, 3.05) is 13.7 Å². The third-order valence-electron chi connectivity index (χ3n) is 6.36. The Kier molecular flexibility index (Phi) is 7.80. The maximum atomic E-state index is 12.7. The number of carbonyl (C=O) groups is 2. The summed E-state index contributed by atoms with van der Waals surface area (Å²) in [5.41, 5.74) is 6.55. The standard InChI is InChI=1S/C21H22N2O4.C8H9N/c1-5-27-21(25)18-13(3)23-12(2)17(20(24)26-4)19(18)15-10-14-8-6-7-9-16(14)22-11-15;1-2-4-8-6-9-5-7(8)3-1/h6-11,19,23H,5H2,1-4H3;1-4,9H,5-6H2. The highest BCUT2D eigenvalue weighted by atomic mass is 16.5. The van der Waals surface area contributed by atoms with Gasteiger partial charge in [0, 0.05) is 36.1 Å². The Morgan fingerprint density at radius 3 is 2.19 bits per heavy atom. The number of fused-ring (bicyclic) bond motifs is 2. The summed E-state index contributed by atoms with van der Waals surface area (Å²) in [5.74, 6) is -1.57. The van der Waals surface area contributed by atoms with Crippen LogP contribution in [0, 0.1) is 0 Å². The number of pyridine rings is 1. The lowest BCUT2D eigenvalue weighted by atomic mass is 9.80. The van der Waals surface area contributed by atoms with Crippen molar-refractivity contribution in [3.05, 3.63) is 100 Å². The minimum absolute atomic E-state index is 0.245. The number of benzene rings is 2. The molecule has 0 amide bonds. The van der Waals surface area contributed by atoms with Crippen LogP contribution in [0.2, 0.25) is 0 Å². The molecule has 1 atom stereocenters. The molecule has 7 heteroatoms. The summed E-state index contributed by atoms with van der Waals surface area (Å²) in [6.45, 7) is 7.68.